The Morgan fingerprint density at radius 3 is 2.27 bits per heavy atom. The lowest BCUT2D eigenvalue weighted by molar-refractivity contribution is -0.119. The van der Waals surface area contributed by atoms with Crippen LogP contribution in [0.4, 0.5) is 5.69 Å². The lowest BCUT2D eigenvalue weighted by Crippen LogP contribution is -2.41. The number of sulfonamides is 1. The number of hydrogen-bond donors (Lipinski definition) is 1. The van der Waals surface area contributed by atoms with Crippen LogP contribution in [0.5, 0.6) is 0 Å². The number of anilines is 1. The van der Waals surface area contributed by atoms with Gasteiger partial charge in [-0.25, -0.2) is 8.42 Å². The van der Waals surface area contributed by atoms with Crippen molar-refractivity contribution in [1.82, 2.24) is 5.32 Å². The van der Waals surface area contributed by atoms with E-state index in [1.807, 2.05) is 56.3 Å². The first-order valence-electron chi connectivity index (χ1n) is 8.66. The average molecular weight is 375 g/mol. The highest BCUT2D eigenvalue weighted by atomic mass is 32.2. The number of carbonyl (C=O) groups is 1. The van der Waals surface area contributed by atoms with Gasteiger partial charge in [-0.3, -0.25) is 9.10 Å². The molecule has 0 radical (unpaired) electrons. The second-order valence-corrected chi connectivity index (χ2v) is 8.48. The molecule has 1 amide bonds. The molecular weight excluding hydrogens is 348 g/mol. The fourth-order valence-corrected chi connectivity index (χ4v) is 3.64. The van der Waals surface area contributed by atoms with Gasteiger partial charge in [0.15, 0.2) is 0 Å². The van der Waals surface area contributed by atoms with Gasteiger partial charge in [-0.05, 0) is 29.5 Å². The quantitative estimate of drug-likeness (QED) is 0.772. The average Bonchev–Trinajstić information content (AvgIpc) is 2.59. The highest BCUT2D eigenvalue weighted by Gasteiger charge is 2.23. The molecule has 0 aliphatic rings. The molecule has 1 N–H and O–H groups in total. The molecule has 6 heteroatoms. The Morgan fingerprint density at radius 1 is 1.04 bits per heavy atom. The SMILES string of the molecule is CC(C)c1ccccc1N(CC(=O)NCCc1ccccc1)S(C)(=O)=O. The molecule has 2 aromatic carbocycles. The number of rotatable bonds is 8. The predicted octanol–water partition coefficient (Wildman–Crippen LogP) is 2.93. The molecule has 2 aromatic rings. The summed E-state index contributed by atoms with van der Waals surface area (Å²) < 4.78 is 25.7. The second-order valence-electron chi connectivity index (χ2n) is 6.57. The Kier molecular flexibility index (Phi) is 6.80. The summed E-state index contributed by atoms with van der Waals surface area (Å²) in [4.78, 5) is 12.3. The van der Waals surface area contributed by atoms with Gasteiger partial charge < -0.3 is 5.32 Å². The topological polar surface area (TPSA) is 66.5 Å². The van der Waals surface area contributed by atoms with Gasteiger partial charge in [-0.1, -0.05) is 62.4 Å². The third-order valence-corrected chi connectivity index (χ3v) is 5.22. The fraction of sp³-hybridized carbons (Fsp3) is 0.350. The van der Waals surface area contributed by atoms with Gasteiger partial charge in [0.25, 0.3) is 0 Å². The third kappa shape index (κ3) is 5.59. The summed E-state index contributed by atoms with van der Waals surface area (Å²) in [6.45, 7) is 4.24. The molecule has 0 heterocycles. The molecule has 0 saturated heterocycles. The standard InChI is InChI=1S/C20H26N2O3S/c1-16(2)18-11-7-8-12-19(18)22(26(3,24)25)15-20(23)21-14-13-17-9-5-4-6-10-17/h4-12,16H,13-15H2,1-3H3,(H,21,23). The van der Waals surface area contributed by atoms with E-state index >= 15 is 0 Å². The number of hydrogen-bond acceptors (Lipinski definition) is 3. The predicted molar refractivity (Wildman–Crippen MR) is 106 cm³/mol. The van der Waals surface area contributed by atoms with E-state index in [0.717, 1.165) is 17.4 Å². The summed E-state index contributed by atoms with van der Waals surface area (Å²) in [7, 11) is -3.57. The molecule has 0 atom stereocenters. The Balaban J connectivity index is 2.08. The Bertz CT molecular complexity index is 833. The van der Waals surface area contributed by atoms with Crippen LogP contribution in [0.25, 0.3) is 0 Å². The lowest BCUT2D eigenvalue weighted by atomic mass is 10.0. The third-order valence-electron chi connectivity index (χ3n) is 4.09. The first-order chi connectivity index (χ1) is 12.3. The van der Waals surface area contributed by atoms with Gasteiger partial charge in [0.1, 0.15) is 6.54 Å². The summed E-state index contributed by atoms with van der Waals surface area (Å²) in [5, 5.41) is 2.81. The van der Waals surface area contributed by atoms with Gasteiger partial charge in [0.2, 0.25) is 15.9 Å². The molecule has 0 spiro atoms. The van der Waals surface area contributed by atoms with Crippen molar-refractivity contribution in [3.63, 3.8) is 0 Å². The number of nitrogens with zero attached hydrogens (tertiary/aromatic N) is 1. The summed E-state index contributed by atoms with van der Waals surface area (Å²) in [5.41, 5.74) is 2.58. The van der Waals surface area contributed by atoms with Crippen molar-refractivity contribution in [2.24, 2.45) is 0 Å². The Hall–Kier alpha value is -2.34. The van der Waals surface area contributed by atoms with E-state index in [1.165, 1.54) is 4.31 Å². The maximum absolute atomic E-state index is 12.3. The molecule has 0 aliphatic carbocycles. The van der Waals surface area contributed by atoms with E-state index in [2.05, 4.69) is 5.32 Å². The van der Waals surface area contributed by atoms with E-state index in [-0.39, 0.29) is 18.4 Å². The minimum Gasteiger partial charge on any atom is -0.354 e. The summed E-state index contributed by atoms with van der Waals surface area (Å²) in [5.74, 6) is -0.165. The fourth-order valence-electron chi connectivity index (χ4n) is 2.76. The number of amides is 1. The zero-order valence-electron chi connectivity index (χ0n) is 15.5. The van der Waals surface area contributed by atoms with Crippen LogP contribution in [0, 0.1) is 0 Å². The van der Waals surface area contributed by atoms with Crippen LogP contribution in [0.1, 0.15) is 30.9 Å². The van der Waals surface area contributed by atoms with Crippen molar-refractivity contribution in [1.29, 1.82) is 0 Å². The monoisotopic (exact) mass is 374 g/mol. The molecule has 26 heavy (non-hydrogen) atoms. The van der Waals surface area contributed by atoms with Crippen molar-refractivity contribution in [3.8, 4) is 0 Å². The summed E-state index contributed by atoms with van der Waals surface area (Å²) >= 11 is 0. The van der Waals surface area contributed by atoms with E-state index in [0.29, 0.717) is 18.7 Å². The maximum atomic E-state index is 12.3. The van der Waals surface area contributed by atoms with Crippen LogP contribution in [-0.2, 0) is 21.2 Å². The number of nitrogens with one attached hydrogen (secondary N) is 1. The van der Waals surface area contributed by atoms with Crippen LogP contribution in [0.2, 0.25) is 0 Å². The number of carbonyl (C=O) groups excluding carboxylic acids is 1. The van der Waals surface area contributed by atoms with Crippen molar-refractivity contribution in [3.05, 3.63) is 65.7 Å². The Labute approximate surface area is 156 Å². The first kappa shape index (κ1) is 20.0. The number of benzene rings is 2. The molecule has 2 rings (SSSR count). The van der Waals surface area contributed by atoms with E-state index in [1.54, 1.807) is 12.1 Å². The summed E-state index contributed by atoms with van der Waals surface area (Å²) in [6.07, 6.45) is 1.83. The highest BCUT2D eigenvalue weighted by Crippen LogP contribution is 2.28. The zero-order chi connectivity index (χ0) is 19.2. The minimum absolute atomic E-state index is 0.150. The second kappa shape index (κ2) is 8.85. The van der Waals surface area contributed by atoms with Crippen LogP contribution in [0.3, 0.4) is 0 Å². The number of para-hydroxylation sites is 1. The molecule has 0 unspecified atom stereocenters. The van der Waals surface area contributed by atoms with Crippen molar-refractivity contribution in [2.75, 3.05) is 23.7 Å². The molecule has 5 nitrogen and oxygen atoms in total. The minimum atomic E-state index is -3.57. The molecule has 0 fully saturated rings. The molecule has 0 aliphatic heterocycles. The van der Waals surface area contributed by atoms with Crippen molar-refractivity contribution < 1.29 is 13.2 Å². The van der Waals surface area contributed by atoms with Crippen LogP contribution in [-0.4, -0.2) is 33.7 Å². The Morgan fingerprint density at radius 2 is 1.65 bits per heavy atom. The van der Waals surface area contributed by atoms with Gasteiger partial charge in [-0.2, -0.15) is 0 Å². The highest BCUT2D eigenvalue weighted by molar-refractivity contribution is 7.92. The van der Waals surface area contributed by atoms with Crippen LogP contribution in [0.15, 0.2) is 54.6 Å². The van der Waals surface area contributed by atoms with Crippen molar-refractivity contribution in [2.45, 2.75) is 26.2 Å². The van der Waals surface area contributed by atoms with Gasteiger partial charge in [0, 0.05) is 6.54 Å². The molecule has 0 saturated carbocycles. The molecular formula is C20H26N2O3S. The first-order valence-corrected chi connectivity index (χ1v) is 10.5. The lowest BCUT2D eigenvalue weighted by Gasteiger charge is -2.25. The molecule has 0 aromatic heterocycles. The zero-order valence-corrected chi connectivity index (χ0v) is 16.3. The van der Waals surface area contributed by atoms with Crippen molar-refractivity contribution >= 4 is 21.6 Å². The normalized spacial score (nSPS) is 11.4. The largest absolute Gasteiger partial charge is 0.354 e. The van der Waals surface area contributed by atoms with Gasteiger partial charge >= 0.3 is 0 Å². The van der Waals surface area contributed by atoms with Gasteiger partial charge in [0.05, 0.1) is 11.9 Å². The smallest absolute Gasteiger partial charge is 0.240 e. The van der Waals surface area contributed by atoms with E-state index in [9.17, 15) is 13.2 Å². The van der Waals surface area contributed by atoms with E-state index < -0.39 is 10.0 Å². The molecule has 140 valence electrons. The maximum Gasteiger partial charge on any atom is 0.240 e. The van der Waals surface area contributed by atoms with Crippen LogP contribution >= 0.6 is 0 Å². The summed E-state index contributed by atoms with van der Waals surface area (Å²) in [6, 6.07) is 17.1. The van der Waals surface area contributed by atoms with Gasteiger partial charge in [-0.15, -0.1) is 0 Å². The molecule has 0 bridgehead atoms. The van der Waals surface area contributed by atoms with E-state index in [4.69, 9.17) is 0 Å². The van der Waals surface area contributed by atoms with Crippen LogP contribution < -0.4 is 9.62 Å².